The minimum atomic E-state index is -0.592. The maximum atomic E-state index is 13.8. The van der Waals surface area contributed by atoms with Crippen LogP contribution in [0.4, 0.5) is 0 Å². The predicted molar refractivity (Wildman–Crippen MR) is 155 cm³/mol. The van der Waals surface area contributed by atoms with Crippen LogP contribution in [0.2, 0.25) is 0 Å². The maximum absolute atomic E-state index is 13.8. The lowest BCUT2D eigenvalue weighted by atomic mass is 9.94. The van der Waals surface area contributed by atoms with Gasteiger partial charge in [-0.2, -0.15) is 0 Å². The first-order chi connectivity index (χ1) is 18.6. The number of hydrogen-bond acceptors (Lipinski definition) is 3. The summed E-state index contributed by atoms with van der Waals surface area (Å²) in [5.41, 5.74) is 2.03. The van der Waals surface area contributed by atoms with Gasteiger partial charge < -0.3 is 15.0 Å². The van der Waals surface area contributed by atoms with Crippen LogP contribution >= 0.6 is 15.9 Å². The molecule has 0 unspecified atom stereocenters. The van der Waals surface area contributed by atoms with Gasteiger partial charge in [0.2, 0.25) is 11.8 Å². The molecule has 0 saturated heterocycles. The number of hydrogen-bond donors (Lipinski definition) is 1. The summed E-state index contributed by atoms with van der Waals surface area (Å²) in [6.45, 7) is 0.820. The van der Waals surface area contributed by atoms with Gasteiger partial charge in [0.1, 0.15) is 11.8 Å². The standard InChI is InChI=1S/C32H37BrN2O3/c33-27-20-18-26(19-21-27)24-35(31(36)17-10-22-38-29-15-8-3-9-16-29)30(23-25-11-4-1-5-12-25)32(37)34-28-13-6-2-7-14-28/h1,3-5,8-9,11-12,15-16,18-21,28,30H,2,6-7,10,13-14,17,22-24H2,(H,34,37)/t30-/m0/s1. The maximum Gasteiger partial charge on any atom is 0.243 e. The monoisotopic (exact) mass is 576 g/mol. The zero-order chi connectivity index (χ0) is 26.6. The van der Waals surface area contributed by atoms with E-state index < -0.39 is 6.04 Å². The van der Waals surface area contributed by atoms with Crippen molar-refractivity contribution in [1.29, 1.82) is 0 Å². The first-order valence-electron chi connectivity index (χ1n) is 13.6. The fourth-order valence-corrected chi connectivity index (χ4v) is 5.22. The second-order valence-corrected chi connectivity index (χ2v) is 10.9. The normalized spacial score (nSPS) is 14.4. The van der Waals surface area contributed by atoms with E-state index in [1.807, 2.05) is 84.9 Å². The average molecular weight is 578 g/mol. The largest absolute Gasteiger partial charge is 0.494 e. The number of benzene rings is 3. The molecule has 1 atom stereocenters. The molecule has 1 aliphatic rings. The molecule has 1 aliphatic carbocycles. The molecule has 200 valence electrons. The highest BCUT2D eigenvalue weighted by Crippen LogP contribution is 2.21. The van der Waals surface area contributed by atoms with Crippen LogP contribution < -0.4 is 10.1 Å². The molecule has 0 spiro atoms. The third-order valence-corrected chi connectivity index (χ3v) is 7.56. The van der Waals surface area contributed by atoms with E-state index in [2.05, 4.69) is 21.2 Å². The average Bonchev–Trinajstić information content (AvgIpc) is 2.95. The molecule has 5 nitrogen and oxygen atoms in total. The smallest absolute Gasteiger partial charge is 0.243 e. The Balaban J connectivity index is 1.52. The van der Waals surface area contributed by atoms with Gasteiger partial charge in [-0.3, -0.25) is 9.59 Å². The second kappa shape index (κ2) is 14.7. The molecule has 1 N–H and O–H groups in total. The summed E-state index contributed by atoms with van der Waals surface area (Å²) >= 11 is 3.50. The molecule has 2 amide bonds. The number of nitrogens with one attached hydrogen (secondary N) is 1. The molecule has 4 rings (SSSR count). The summed E-state index contributed by atoms with van der Waals surface area (Å²) in [5.74, 6) is 0.691. The molecule has 0 bridgehead atoms. The third kappa shape index (κ3) is 8.73. The first kappa shape index (κ1) is 27.9. The second-order valence-electron chi connectivity index (χ2n) is 9.96. The summed E-state index contributed by atoms with van der Waals surface area (Å²) in [6, 6.07) is 27.1. The van der Waals surface area contributed by atoms with Crippen molar-refractivity contribution in [2.75, 3.05) is 6.61 Å². The molecule has 0 radical (unpaired) electrons. The van der Waals surface area contributed by atoms with Crippen LogP contribution in [0, 0.1) is 0 Å². The number of rotatable bonds is 12. The Morgan fingerprint density at radius 2 is 1.53 bits per heavy atom. The first-order valence-corrected chi connectivity index (χ1v) is 14.4. The summed E-state index contributed by atoms with van der Waals surface area (Å²) < 4.78 is 6.80. The molecular formula is C32H37BrN2O3. The van der Waals surface area contributed by atoms with Gasteiger partial charge in [0.15, 0.2) is 0 Å². The van der Waals surface area contributed by atoms with Gasteiger partial charge in [0.05, 0.1) is 6.61 Å². The lowest BCUT2D eigenvalue weighted by Gasteiger charge is -2.33. The Labute approximate surface area is 234 Å². The molecule has 0 heterocycles. The Morgan fingerprint density at radius 1 is 0.868 bits per heavy atom. The van der Waals surface area contributed by atoms with Gasteiger partial charge in [0, 0.05) is 29.9 Å². The Hall–Kier alpha value is -3.12. The minimum absolute atomic E-state index is 0.0377. The van der Waals surface area contributed by atoms with Crippen LogP contribution in [0.1, 0.15) is 56.1 Å². The van der Waals surface area contributed by atoms with Crippen molar-refractivity contribution < 1.29 is 14.3 Å². The number of carbonyl (C=O) groups excluding carboxylic acids is 2. The van der Waals surface area contributed by atoms with E-state index in [1.54, 1.807) is 4.90 Å². The quantitative estimate of drug-likeness (QED) is 0.244. The number of para-hydroxylation sites is 1. The summed E-state index contributed by atoms with van der Waals surface area (Å²) in [4.78, 5) is 29.3. The number of nitrogens with zero attached hydrogens (tertiary/aromatic N) is 1. The van der Waals surface area contributed by atoms with E-state index in [0.29, 0.717) is 32.4 Å². The number of halogens is 1. The van der Waals surface area contributed by atoms with Crippen molar-refractivity contribution in [3.05, 3.63) is 101 Å². The fourth-order valence-electron chi connectivity index (χ4n) is 4.96. The highest BCUT2D eigenvalue weighted by molar-refractivity contribution is 9.10. The molecule has 1 fully saturated rings. The van der Waals surface area contributed by atoms with E-state index in [9.17, 15) is 9.59 Å². The van der Waals surface area contributed by atoms with Crippen molar-refractivity contribution in [2.45, 2.75) is 70.0 Å². The predicted octanol–water partition coefficient (Wildman–Crippen LogP) is 6.70. The fraction of sp³-hybridized carbons (Fsp3) is 0.375. The van der Waals surface area contributed by atoms with E-state index in [-0.39, 0.29) is 17.9 Å². The molecular weight excluding hydrogens is 540 g/mol. The van der Waals surface area contributed by atoms with Gasteiger partial charge in [-0.1, -0.05) is 95.9 Å². The Kier molecular flexibility index (Phi) is 10.8. The molecule has 1 saturated carbocycles. The van der Waals surface area contributed by atoms with Crippen molar-refractivity contribution in [3.63, 3.8) is 0 Å². The summed E-state index contributed by atoms with van der Waals surface area (Å²) in [7, 11) is 0. The van der Waals surface area contributed by atoms with Crippen LogP contribution in [0.5, 0.6) is 5.75 Å². The van der Waals surface area contributed by atoms with Crippen LogP contribution in [-0.2, 0) is 22.6 Å². The topological polar surface area (TPSA) is 58.6 Å². The van der Waals surface area contributed by atoms with E-state index >= 15 is 0 Å². The van der Waals surface area contributed by atoms with Crippen molar-refractivity contribution in [2.24, 2.45) is 0 Å². The molecule has 0 aliphatic heterocycles. The van der Waals surface area contributed by atoms with Crippen molar-refractivity contribution in [1.82, 2.24) is 10.2 Å². The molecule has 38 heavy (non-hydrogen) atoms. The highest BCUT2D eigenvalue weighted by Gasteiger charge is 2.31. The lowest BCUT2D eigenvalue weighted by molar-refractivity contribution is -0.141. The molecule has 3 aromatic rings. The Morgan fingerprint density at radius 3 is 2.21 bits per heavy atom. The SMILES string of the molecule is O=C(NC1CCCCC1)[C@H](Cc1ccccc1)N(Cc1ccc(Br)cc1)C(=O)CCCOc1ccccc1. The lowest BCUT2D eigenvalue weighted by Crippen LogP contribution is -2.52. The van der Waals surface area contributed by atoms with Gasteiger partial charge in [-0.15, -0.1) is 0 Å². The molecule has 6 heteroatoms. The number of ether oxygens (including phenoxy) is 1. The number of carbonyl (C=O) groups is 2. The van der Waals surface area contributed by atoms with E-state index in [0.717, 1.165) is 47.0 Å². The van der Waals surface area contributed by atoms with Gasteiger partial charge in [-0.25, -0.2) is 0 Å². The molecule has 3 aromatic carbocycles. The van der Waals surface area contributed by atoms with Gasteiger partial charge >= 0.3 is 0 Å². The van der Waals surface area contributed by atoms with Crippen LogP contribution in [0.3, 0.4) is 0 Å². The molecule has 0 aromatic heterocycles. The summed E-state index contributed by atoms with van der Waals surface area (Å²) in [6.07, 6.45) is 6.86. The Bertz CT molecular complexity index is 1130. The number of amides is 2. The van der Waals surface area contributed by atoms with Gasteiger partial charge in [-0.05, 0) is 54.7 Å². The van der Waals surface area contributed by atoms with Crippen LogP contribution in [0.25, 0.3) is 0 Å². The van der Waals surface area contributed by atoms with E-state index in [1.165, 1.54) is 6.42 Å². The van der Waals surface area contributed by atoms with Crippen molar-refractivity contribution in [3.8, 4) is 5.75 Å². The van der Waals surface area contributed by atoms with Crippen molar-refractivity contribution >= 4 is 27.7 Å². The van der Waals surface area contributed by atoms with E-state index in [4.69, 9.17) is 4.74 Å². The van der Waals surface area contributed by atoms with Gasteiger partial charge in [0.25, 0.3) is 0 Å². The van der Waals surface area contributed by atoms with Crippen LogP contribution in [-0.4, -0.2) is 35.4 Å². The third-order valence-electron chi connectivity index (χ3n) is 7.04. The minimum Gasteiger partial charge on any atom is -0.494 e. The highest BCUT2D eigenvalue weighted by atomic mass is 79.9. The zero-order valence-corrected chi connectivity index (χ0v) is 23.4. The van der Waals surface area contributed by atoms with Crippen LogP contribution in [0.15, 0.2) is 89.4 Å². The summed E-state index contributed by atoms with van der Waals surface area (Å²) in [5, 5.41) is 3.29. The zero-order valence-electron chi connectivity index (χ0n) is 21.9.